The van der Waals surface area contributed by atoms with E-state index in [2.05, 4.69) is 15.6 Å². The van der Waals surface area contributed by atoms with Crippen molar-refractivity contribution in [1.82, 2.24) is 15.2 Å². The first-order chi connectivity index (χ1) is 22.7. The molecule has 1 aromatic heterocycles. The van der Waals surface area contributed by atoms with Gasteiger partial charge in [0.1, 0.15) is 11.4 Å². The molecule has 3 aromatic rings. The zero-order chi connectivity index (χ0) is 34.7. The standard InChI is InChI=1S/C39H50N4O5/c1-7-43(26(2)44)31-19-13-27(14-20-31)21-35(45)41-34-22-32(28-11-9-8-10-12-28)33(23-40-34)29-15-17-30(18-16-29)39(24-38(6,47)25-39)48-36(46)42-37(3,4)5/h8-12,15-18,22-23,27,31,47H,7,13-14,19-21,24-25H2,1-6H3,(H,42,46)(H,40,41,45). The summed E-state index contributed by atoms with van der Waals surface area (Å²) in [6, 6.07) is 20.0. The second-order valence-corrected chi connectivity index (χ2v) is 14.9. The van der Waals surface area contributed by atoms with Crippen LogP contribution in [0.4, 0.5) is 10.6 Å². The van der Waals surface area contributed by atoms with Gasteiger partial charge in [-0.3, -0.25) is 9.59 Å². The number of aromatic nitrogens is 1. The van der Waals surface area contributed by atoms with Crippen LogP contribution in [0.15, 0.2) is 66.9 Å². The Morgan fingerprint density at radius 2 is 1.58 bits per heavy atom. The molecule has 3 N–H and O–H groups in total. The highest BCUT2D eigenvalue weighted by atomic mass is 16.6. The SMILES string of the molecule is CCN(C(C)=O)C1CCC(CC(=O)Nc2cc(-c3ccccc3)c(-c3ccc(C4(OC(=O)NC(C)(C)C)CC(C)(O)C4)cc3)cn2)CC1. The first kappa shape index (κ1) is 35.1. The lowest BCUT2D eigenvalue weighted by Crippen LogP contribution is -2.57. The number of rotatable bonds is 9. The number of carbonyl (C=O) groups excluding carboxylic acids is 3. The fourth-order valence-electron chi connectivity index (χ4n) is 7.44. The van der Waals surface area contributed by atoms with Crippen molar-refractivity contribution in [2.45, 2.75) is 109 Å². The van der Waals surface area contributed by atoms with E-state index in [0.29, 0.717) is 25.1 Å². The number of aliphatic hydroxyl groups is 1. The maximum absolute atomic E-state index is 13.2. The number of anilines is 1. The number of pyridine rings is 1. The van der Waals surface area contributed by atoms with E-state index in [0.717, 1.165) is 60.0 Å². The van der Waals surface area contributed by atoms with Gasteiger partial charge in [-0.1, -0.05) is 54.6 Å². The Hall–Kier alpha value is -4.24. The number of ether oxygens (including phenoxy) is 1. The van der Waals surface area contributed by atoms with Crippen LogP contribution in [0.25, 0.3) is 22.3 Å². The quantitative estimate of drug-likeness (QED) is 0.221. The van der Waals surface area contributed by atoms with E-state index in [1.165, 1.54) is 0 Å². The third-order valence-corrected chi connectivity index (χ3v) is 9.55. The molecule has 2 aromatic carbocycles. The zero-order valence-corrected chi connectivity index (χ0v) is 29.1. The summed E-state index contributed by atoms with van der Waals surface area (Å²) in [6.07, 6.45) is 6.00. The molecule has 0 bridgehead atoms. The Balaban J connectivity index is 1.32. The van der Waals surface area contributed by atoms with Gasteiger partial charge in [0.05, 0.1) is 5.60 Å². The van der Waals surface area contributed by atoms with Crippen LogP contribution < -0.4 is 10.6 Å². The third-order valence-electron chi connectivity index (χ3n) is 9.55. The smallest absolute Gasteiger partial charge is 0.408 e. The maximum atomic E-state index is 13.2. The van der Waals surface area contributed by atoms with Crippen molar-refractivity contribution in [3.05, 3.63) is 72.4 Å². The molecule has 2 saturated carbocycles. The number of nitrogens with one attached hydrogen (secondary N) is 2. The van der Waals surface area contributed by atoms with Gasteiger partial charge >= 0.3 is 6.09 Å². The average Bonchev–Trinajstić information content (AvgIpc) is 3.00. The van der Waals surface area contributed by atoms with Crippen LogP contribution in [0.1, 0.15) is 92.1 Å². The molecule has 2 aliphatic carbocycles. The second kappa shape index (κ2) is 14.1. The van der Waals surface area contributed by atoms with Gasteiger partial charge in [-0.25, -0.2) is 9.78 Å². The highest BCUT2D eigenvalue weighted by Gasteiger charge is 2.55. The fourth-order valence-corrected chi connectivity index (χ4v) is 7.44. The molecule has 2 aliphatic rings. The van der Waals surface area contributed by atoms with Crippen molar-refractivity contribution < 1.29 is 24.2 Å². The molecule has 0 atom stereocenters. The number of carbonyl (C=O) groups is 3. The summed E-state index contributed by atoms with van der Waals surface area (Å²) < 4.78 is 5.97. The van der Waals surface area contributed by atoms with E-state index in [-0.39, 0.29) is 23.8 Å². The van der Waals surface area contributed by atoms with Crippen LogP contribution in [0, 0.1) is 5.92 Å². The van der Waals surface area contributed by atoms with Gasteiger partial charge in [-0.15, -0.1) is 0 Å². The number of alkyl carbamates (subject to hydrolysis) is 1. The molecule has 256 valence electrons. The molecule has 1 heterocycles. The van der Waals surface area contributed by atoms with Crippen molar-refractivity contribution >= 4 is 23.7 Å². The summed E-state index contributed by atoms with van der Waals surface area (Å²) in [7, 11) is 0. The van der Waals surface area contributed by atoms with Crippen molar-refractivity contribution in [2.75, 3.05) is 11.9 Å². The Labute approximate surface area is 284 Å². The molecule has 3 amide bonds. The average molecular weight is 655 g/mol. The van der Waals surface area contributed by atoms with Crippen LogP contribution in [0.5, 0.6) is 0 Å². The molecule has 2 fully saturated rings. The first-order valence-corrected chi connectivity index (χ1v) is 17.1. The largest absolute Gasteiger partial charge is 0.438 e. The van der Waals surface area contributed by atoms with Crippen LogP contribution in [0.2, 0.25) is 0 Å². The summed E-state index contributed by atoms with van der Waals surface area (Å²) in [5, 5.41) is 16.5. The lowest BCUT2D eigenvalue weighted by atomic mass is 9.65. The van der Waals surface area contributed by atoms with Gasteiger partial charge in [0.2, 0.25) is 11.8 Å². The Kier molecular flexibility index (Phi) is 10.3. The topological polar surface area (TPSA) is 121 Å². The molecule has 5 rings (SSSR count). The molecule has 48 heavy (non-hydrogen) atoms. The van der Waals surface area contributed by atoms with Gasteiger partial charge in [-0.05, 0) is 94.5 Å². The molecule has 9 nitrogen and oxygen atoms in total. The van der Waals surface area contributed by atoms with Crippen LogP contribution in [0.3, 0.4) is 0 Å². The van der Waals surface area contributed by atoms with Gasteiger partial charge in [-0.2, -0.15) is 0 Å². The van der Waals surface area contributed by atoms with E-state index in [1.54, 1.807) is 20.0 Å². The zero-order valence-electron chi connectivity index (χ0n) is 29.1. The molecule has 0 saturated heterocycles. The van der Waals surface area contributed by atoms with E-state index in [4.69, 9.17) is 4.74 Å². The van der Waals surface area contributed by atoms with Crippen LogP contribution >= 0.6 is 0 Å². The minimum absolute atomic E-state index is 0.0573. The molecule has 0 spiro atoms. The minimum Gasteiger partial charge on any atom is -0.438 e. The van der Waals surface area contributed by atoms with Gasteiger partial charge in [0.15, 0.2) is 0 Å². The number of nitrogens with zero attached hydrogens (tertiary/aromatic N) is 2. The molecule has 0 unspecified atom stereocenters. The number of benzene rings is 2. The predicted octanol–water partition coefficient (Wildman–Crippen LogP) is 7.44. The fraction of sp³-hybridized carbons (Fsp3) is 0.487. The monoisotopic (exact) mass is 654 g/mol. The second-order valence-electron chi connectivity index (χ2n) is 14.9. The number of hydrogen-bond acceptors (Lipinski definition) is 6. The lowest BCUT2D eigenvalue weighted by Gasteiger charge is -2.51. The summed E-state index contributed by atoms with van der Waals surface area (Å²) in [5.74, 6) is 0.836. The molecular weight excluding hydrogens is 604 g/mol. The lowest BCUT2D eigenvalue weighted by molar-refractivity contribution is -0.177. The van der Waals surface area contributed by atoms with E-state index in [1.807, 2.05) is 93.3 Å². The van der Waals surface area contributed by atoms with Gasteiger partial charge in [0.25, 0.3) is 0 Å². The Bertz CT molecular complexity index is 1600. The number of amides is 3. The van der Waals surface area contributed by atoms with E-state index < -0.39 is 22.8 Å². The maximum Gasteiger partial charge on any atom is 0.408 e. The van der Waals surface area contributed by atoms with E-state index >= 15 is 0 Å². The third kappa shape index (κ3) is 8.42. The van der Waals surface area contributed by atoms with Gasteiger partial charge < -0.3 is 25.4 Å². The molecule has 9 heteroatoms. The summed E-state index contributed by atoms with van der Waals surface area (Å²) in [5.41, 5.74) is 2.27. The van der Waals surface area contributed by atoms with Crippen LogP contribution in [-0.2, 0) is 19.9 Å². The first-order valence-electron chi connectivity index (χ1n) is 17.1. The predicted molar refractivity (Wildman–Crippen MR) is 188 cm³/mol. The minimum atomic E-state index is -0.923. The molecule has 0 aliphatic heterocycles. The van der Waals surface area contributed by atoms with Crippen molar-refractivity contribution in [2.24, 2.45) is 5.92 Å². The number of hydrogen-bond donors (Lipinski definition) is 3. The van der Waals surface area contributed by atoms with Crippen molar-refractivity contribution in [3.8, 4) is 22.3 Å². The van der Waals surface area contributed by atoms with Gasteiger partial charge in [0, 0.05) is 56.1 Å². The summed E-state index contributed by atoms with van der Waals surface area (Å²) in [6.45, 7) is 11.8. The highest BCUT2D eigenvalue weighted by Crippen LogP contribution is 2.51. The molecular formula is C39H50N4O5. The Morgan fingerprint density at radius 3 is 2.15 bits per heavy atom. The van der Waals surface area contributed by atoms with E-state index in [9.17, 15) is 19.5 Å². The Morgan fingerprint density at radius 1 is 0.958 bits per heavy atom. The molecule has 0 radical (unpaired) electrons. The van der Waals surface area contributed by atoms with Crippen molar-refractivity contribution in [1.29, 1.82) is 0 Å². The highest BCUT2D eigenvalue weighted by molar-refractivity contribution is 5.92. The van der Waals surface area contributed by atoms with Crippen LogP contribution in [-0.4, -0.2) is 56.6 Å². The normalized spacial score (nSPS) is 23.8. The summed E-state index contributed by atoms with van der Waals surface area (Å²) >= 11 is 0. The van der Waals surface area contributed by atoms with Crippen molar-refractivity contribution in [3.63, 3.8) is 0 Å². The summed E-state index contributed by atoms with van der Waals surface area (Å²) in [4.78, 5) is 44.5.